The van der Waals surface area contributed by atoms with Gasteiger partial charge in [-0.15, -0.1) is 13.2 Å². The molecule has 0 atom stereocenters. The fourth-order valence-corrected chi connectivity index (χ4v) is 1.58. The minimum absolute atomic E-state index is 0.239. The standard InChI is InChI=1S/C13H17F3N2O2/c1-4-17-12(2,3)11(19)18-9-6-5-7-10(8-9)20-13(14,15)16/h5-8,17H,4H2,1-3H3,(H,18,19). The number of anilines is 1. The van der Waals surface area contributed by atoms with E-state index < -0.39 is 11.9 Å². The van der Waals surface area contributed by atoms with Crippen molar-refractivity contribution in [3.63, 3.8) is 0 Å². The summed E-state index contributed by atoms with van der Waals surface area (Å²) in [6, 6.07) is 5.14. The Morgan fingerprint density at radius 3 is 2.50 bits per heavy atom. The van der Waals surface area contributed by atoms with Crippen molar-refractivity contribution in [2.45, 2.75) is 32.7 Å². The molecule has 0 aromatic heterocycles. The van der Waals surface area contributed by atoms with Crippen molar-refractivity contribution in [3.8, 4) is 5.75 Å². The van der Waals surface area contributed by atoms with Crippen molar-refractivity contribution < 1.29 is 22.7 Å². The molecule has 0 saturated carbocycles. The van der Waals surface area contributed by atoms with Gasteiger partial charge in [0.05, 0.1) is 5.54 Å². The molecule has 0 spiro atoms. The Hall–Kier alpha value is -1.76. The maximum atomic E-state index is 12.1. The largest absolute Gasteiger partial charge is 0.573 e. The number of halogens is 3. The first kappa shape index (κ1) is 16.3. The Labute approximate surface area is 115 Å². The quantitative estimate of drug-likeness (QED) is 0.876. The Kier molecular flexibility index (Phi) is 4.99. The van der Waals surface area contributed by atoms with Crippen molar-refractivity contribution in [3.05, 3.63) is 24.3 Å². The zero-order valence-corrected chi connectivity index (χ0v) is 11.5. The summed E-state index contributed by atoms with van der Waals surface area (Å²) in [5, 5.41) is 5.52. The van der Waals surface area contributed by atoms with E-state index in [1.165, 1.54) is 18.2 Å². The van der Waals surface area contributed by atoms with Gasteiger partial charge in [-0.05, 0) is 32.5 Å². The van der Waals surface area contributed by atoms with Crippen LogP contribution in [-0.4, -0.2) is 24.4 Å². The second-order valence-electron chi connectivity index (χ2n) is 4.69. The first-order chi connectivity index (χ1) is 9.14. The van der Waals surface area contributed by atoms with Gasteiger partial charge in [0.1, 0.15) is 5.75 Å². The van der Waals surface area contributed by atoms with E-state index in [1.54, 1.807) is 13.8 Å². The highest BCUT2D eigenvalue weighted by molar-refractivity contribution is 5.97. The molecule has 0 radical (unpaired) electrons. The van der Waals surface area contributed by atoms with E-state index in [-0.39, 0.29) is 17.3 Å². The number of amides is 1. The fourth-order valence-electron chi connectivity index (χ4n) is 1.58. The minimum Gasteiger partial charge on any atom is -0.406 e. The SMILES string of the molecule is CCNC(C)(C)C(=O)Nc1cccc(OC(F)(F)F)c1. The van der Waals surface area contributed by atoms with Gasteiger partial charge in [-0.3, -0.25) is 4.79 Å². The highest BCUT2D eigenvalue weighted by atomic mass is 19.4. The first-order valence-corrected chi connectivity index (χ1v) is 6.06. The zero-order valence-electron chi connectivity index (χ0n) is 11.5. The average Bonchev–Trinajstić information content (AvgIpc) is 2.26. The van der Waals surface area contributed by atoms with Gasteiger partial charge in [-0.25, -0.2) is 0 Å². The number of benzene rings is 1. The van der Waals surface area contributed by atoms with Crippen LogP contribution in [0.25, 0.3) is 0 Å². The Bertz CT molecular complexity index is 473. The molecule has 0 unspecified atom stereocenters. The van der Waals surface area contributed by atoms with Crippen LogP contribution in [0, 0.1) is 0 Å². The molecule has 0 fully saturated rings. The van der Waals surface area contributed by atoms with E-state index >= 15 is 0 Å². The predicted molar refractivity (Wildman–Crippen MR) is 69.5 cm³/mol. The van der Waals surface area contributed by atoms with Crippen LogP contribution >= 0.6 is 0 Å². The number of rotatable bonds is 5. The molecular formula is C13H17F3N2O2. The molecule has 1 rings (SSSR count). The number of ether oxygens (including phenoxy) is 1. The Balaban J connectivity index is 2.78. The van der Waals surface area contributed by atoms with E-state index in [4.69, 9.17) is 0 Å². The van der Waals surface area contributed by atoms with Gasteiger partial charge < -0.3 is 15.4 Å². The van der Waals surface area contributed by atoms with Gasteiger partial charge in [0.25, 0.3) is 0 Å². The molecule has 1 aromatic carbocycles. The van der Waals surface area contributed by atoms with Crippen LogP contribution in [0.4, 0.5) is 18.9 Å². The number of likely N-dealkylation sites (N-methyl/N-ethyl adjacent to an activating group) is 1. The molecule has 0 saturated heterocycles. The highest BCUT2D eigenvalue weighted by Gasteiger charge is 2.31. The maximum Gasteiger partial charge on any atom is 0.573 e. The van der Waals surface area contributed by atoms with Crippen LogP contribution in [-0.2, 0) is 4.79 Å². The fraction of sp³-hybridized carbons (Fsp3) is 0.462. The second-order valence-corrected chi connectivity index (χ2v) is 4.69. The number of carbonyl (C=O) groups excluding carboxylic acids is 1. The topological polar surface area (TPSA) is 50.4 Å². The van der Waals surface area contributed by atoms with E-state index in [2.05, 4.69) is 15.4 Å². The summed E-state index contributed by atoms with van der Waals surface area (Å²) in [5.41, 5.74) is -0.585. The van der Waals surface area contributed by atoms with Crippen molar-refractivity contribution >= 4 is 11.6 Å². The third-order valence-corrected chi connectivity index (χ3v) is 2.51. The molecule has 1 amide bonds. The number of alkyl halides is 3. The number of nitrogens with one attached hydrogen (secondary N) is 2. The van der Waals surface area contributed by atoms with Crippen molar-refractivity contribution in [1.82, 2.24) is 5.32 Å². The number of hydrogen-bond donors (Lipinski definition) is 2. The Morgan fingerprint density at radius 1 is 1.30 bits per heavy atom. The van der Waals surface area contributed by atoms with Gasteiger partial charge >= 0.3 is 6.36 Å². The lowest BCUT2D eigenvalue weighted by Gasteiger charge is -2.24. The van der Waals surface area contributed by atoms with Gasteiger partial charge in [0.2, 0.25) is 5.91 Å². The second kappa shape index (κ2) is 6.13. The van der Waals surface area contributed by atoms with E-state index in [9.17, 15) is 18.0 Å². The molecule has 2 N–H and O–H groups in total. The van der Waals surface area contributed by atoms with Crippen LogP contribution in [0.5, 0.6) is 5.75 Å². The molecule has 0 aliphatic carbocycles. The van der Waals surface area contributed by atoms with Crippen LogP contribution in [0.15, 0.2) is 24.3 Å². The normalized spacial score (nSPS) is 12.1. The molecule has 112 valence electrons. The minimum atomic E-state index is -4.76. The van der Waals surface area contributed by atoms with E-state index in [0.29, 0.717) is 6.54 Å². The lowest BCUT2D eigenvalue weighted by Crippen LogP contribution is -2.49. The summed E-state index contributed by atoms with van der Waals surface area (Å²) in [4.78, 5) is 12.0. The van der Waals surface area contributed by atoms with Crippen LogP contribution in [0.3, 0.4) is 0 Å². The van der Waals surface area contributed by atoms with Crippen LogP contribution in [0.2, 0.25) is 0 Å². The van der Waals surface area contributed by atoms with Gasteiger partial charge in [-0.2, -0.15) is 0 Å². The molecule has 0 aliphatic heterocycles. The Morgan fingerprint density at radius 2 is 1.95 bits per heavy atom. The lowest BCUT2D eigenvalue weighted by molar-refractivity contribution is -0.274. The summed E-state index contributed by atoms with van der Waals surface area (Å²) >= 11 is 0. The van der Waals surface area contributed by atoms with E-state index in [1.807, 2.05) is 6.92 Å². The zero-order chi connectivity index (χ0) is 15.4. The maximum absolute atomic E-state index is 12.1. The lowest BCUT2D eigenvalue weighted by atomic mass is 10.0. The third-order valence-electron chi connectivity index (χ3n) is 2.51. The third kappa shape index (κ3) is 5.08. The molecule has 0 heterocycles. The number of carbonyl (C=O) groups is 1. The summed E-state index contributed by atoms with van der Waals surface area (Å²) in [5.74, 6) is -0.722. The van der Waals surface area contributed by atoms with Crippen molar-refractivity contribution in [2.24, 2.45) is 0 Å². The van der Waals surface area contributed by atoms with Crippen molar-refractivity contribution in [1.29, 1.82) is 0 Å². The molecule has 1 aromatic rings. The predicted octanol–water partition coefficient (Wildman–Crippen LogP) is 2.91. The van der Waals surface area contributed by atoms with Gasteiger partial charge in [0, 0.05) is 11.8 Å². The number of hydrogen-bond acceptors (Lipinski definition) is 3. The van der Waals surface area contributed by atoms with Crippen LogP contribution < -0.4 is 15.4 Å². The first-order valence-electron chi connectivity index (χ1n) is 6.06. The molecule has 20 heavy (non-hydrogen) atoms. The summed E-state index contributed by atoms with van der Waals surface area (Å²) in [6.07, 6.45) is -4.76. The molecule has 4 nitrogen and oxygen atoms in total. The van der Waals surface area contributed by atoms with Crippen LogP contribution in [0.1, 0.15) is 20.8 Å². The summed E-state index contributed by atoms with van der Waals surface area (Å²) in [7, 11) is 0. The van der Waals surface area contributed by atoms with Gasteiger partial charge in [0.15, 0.2) is 0 Å². The van der Waals surface area contributed by atoms with E-state index in [0.717, 1.165) is 6.07 Å². The molecule has 7 heteroatoms. The monoisotopic (exact) mass is 290 g/mol. The highest BCUT2D eigenvalue weighted by Crippen LogP contribution is 2.25. The summed E-state index contributed by atoms with van der Waals surface area (Å²) in [6.45, 7) is 5.81. The summed E-state index contributed by atoms with van der Waals surface area (Å²) < 4.78 is 40.1. The van der Waals surface area contributed by atoms with Gasteiger partial charge in [-0.1, -0.05) is 13.0 Å². The molecular weight excluding hydrogens is 273 g/mol. The molecule has 0 bridgehead atoms. The smallest absolute Gasteiger partial charge is 0.406 e. The average molecular weight is 290 g/mol. The van der Waals surface area contributed by atoms with Crippen molar-refractivity contribution in [2.75, 3.05) is 11.9 Å². The molecule has 0 aliphatic rings.